The van der Waals surface area contributed by atoms with Gasteiger partial charge in [0.15, 0.2) is 5.82 Å². The molecular formula is C17H21N7O. The van der Waals surface area contributed by atoms with Crippen molar-refractivity contribution in [2.45, 2.75) is 31.7 Å². The van der Waals surface area contributed by atoms with Gasteiger partial charge in [-0.05, 0) is 25.0 Å². The molecule has 1 aliphatic carbocycles. The van der Waals surface area contributed by atoms with E-state index in [1.54, 1.807) is 25.6 Å². The summed E-state index contributed by atoms with van der Waals surface area (Å²) in [4.78, 5) is 12.8. The van der Waals surface area contributed by atoms with Crippen molar-refractivity contribution < 1.29 is 4.74 Å². The first kappa shape index (κ1) is 16.8. The minimum atomic E-state index is -0.0297. The third-order valence-electron chi connectivity index (χ3n) is 4.28. The van der Waals surface area contributed by atoms with Crippen LogP contribution in [0.15, 0.2) is 24.5 Å². The van der Waals surface area contributed by atoms with Crippen LogP contribution in [0, 0.1) is 17.2 Å². The highest BCUT2D eigenvalue weighted by Gasteiger charge is 2.25. The van der Waals surface area contributed by atoms with Crippen molar-refractivity contribution >= 4 is 23.1 Å². The molecule has 0 unspecified atom stereocenters. The smallest absolute Gasteiger partial charge is 0.237 e. The molecule has 0 bridgehead atoms. The van der Waals surface area contributed by atoms with E-state index in [-0.39, 0.29) is 12.0 Å². The van der Waals surface area contributed by atoms with Crippen LogP contribution < -0.4 is 21.1 Å². The highest BCUT2D eigenvalue weighted by atomic mass is 16.5. The van der Waals surface area contributed by atoms with Gasteiger partial charge in [0.2, 0.25) is 11.8 Å². The van der Waals surface area contributed by atoms with E-state index < -0.39 is 0 Å². The van der Waals surface area contributed by atoms with Crippen molar-refractivity contribution in [3.8, 4) is 11.9 Å². The topological polar surface area (TPSA) is 122 Å². The molecule has 4 N–H and O–H groups in total. The lowest BCUT2D eigenvalue weighted by molar-refractivity contribution is 0.388. The molecule has 1 fully saturated rings. The Labute approximate surface area is 146 Å². The second-order valence-electron chi connectivity index (χ2n) is 5.95. The molecule has 2 atom stereocenters. The normalized spacial score (nSPS) is 19.7. The predicted molar refractivity (Wildman–Crippen MR) is 95.5 cm³/mol. The first-order chi connectivity index (χ1) is 12.2. The number of nitrogen functional groups attached to an aromatic ring is 1. The van der Waals surface area contributed by atoms with Gasteiger partial charge < -0.3 is 21.1 Å². The van der Waals surface area contributed by atoms with Gasteiger partial charge in [-0.25, -0.2) is 9.97 Å². The standard InChI is InChI=1S/C17H21N7O/c1-25-16-14(7-4-8-20-16)23-17-21-10-12(19)15(24-17)22-13-6-3-2-5-11(13)9-18/h4,7-8,10-11,13H,2-3,5-6,19H2,1H3,(H2,21,22,23,24)/t11-,13+/m0/s1. The van der Waals surface area contributed by atoms with E-state index in [1.807, 2.05) is 6.07 Å². The number of hydrogen-bond acceptors (Lipinski definition) is 8. The Morgan fingerprint density at radius 2 is 2.16 bits per heavy atom. The van der Waals surface area contributed by atoms with Gasteiger partial charge in [-0.15, -0.1) is 0 Å². The molecule has 2 aromatic rings. The van der Waals surface area contributed by atoms with Crippen molar-refractivity contribution in [3.05, 3.63) is 24.5 Å². The third kappa shape index (κ3) is 3.88. The Balaban J connectivity index is 1.79. The SMILES string of the molecule is COc1ncccc1Nc1ncc(N)c(N[C@@H]2CCCC[C@H]2C#N)n1. The van der Waals surface area contributed by atoms with Crippen LogP contribution in [0.1, 0.15) is 25.7 Å². The van der Waals surface area contributed by atoms with Crippen LogP contribution in [0.2, 0.25) is 0 Å². The Bertz CT molecular complexity index is 774. The molecule has 0 saturated heterocycles. The maximum atomic E-state index is 9.33. The summed E-state index contributed by atoms with van der Waals surface area (Å²) in [7, 11) is 1.55. The van der Waals surface area contributed by atoms with Crippen LogP contribution in [0.25, 0.3) is 0 Å². The van der Waals surface area contributed by atoms with Gasteiger partial charge in [0, 0.05) is 12.2 Å². The molecule has 2 heterocycles. The maximum Gasteiger partial charge on any atom is 0.237 e. The van der Waals surface area contributed by atoms with E-state index >= 15 is 0 Å². The number of hydrogen-bond donors (Lipinski definition) is 3. The average Bonchev–Trinajstić information content (AvgIpc) is 2.65. The first-order valence-corrected chi connectivity index (χ1v) is 8.26. The zero-order valence-corrected chi connectivity index (χ0v) is 14.1. The van der Waals surface area contributed by atoms with Crippen LogP contribution >= 0.6 is 0 Å². The summed E-state index contributed by atoms with van der Waals surface area (Å²) in [5, 5.41) is 15.7. The van der Waals surface area contributed by atoms with E-state index in [2.05, 4.69) is 31.7 Å². The van der Waals surface area contributed by atoms with Crippen molar-refractivity contribution in [2.75, 3.05) is 23.5 Å². The van der Waals surface area contributed by atoms with E-state index in [1.165, 1.54) is 0 Å². The van der Waals surface area contributed by atoms with Gasteiger partial charge in [-0.1, -0.05) is 12.8 Å². The fourth-order valence-electron chi connectivity index (χ4n) is 2.97. The Hall–Kier alpha value is -3.08. The van der Waals surface area contributed by atoms with Crippen molar-refractivity contribution in [1.29, 1.82) is 5.26 Å². The van der Waals surface area contributed by atoms with Crippen LogP contribution in [0.3, 0.4) is 0 Å². The molecule has 0 amide bonds. The Morgan fingerprint density at radius 3 is 2.96 bits per heavy atom. The fraction of sp³-hybridized carbons (Fsp3) is 0.412. The monoisotopic (exact) mass is 339 g/mol. The number of anilines is 4. The zero-order valence-electron chi connectivity index (χ0n) is 14.1. The first-order valence-electron chi connectivity index (χ1n) is 8.26. The number of nitrogens with one attached hydrogen (secondary N) is 2. The second-order valence-corrected chi connectivity index (χ2v) is 5.95. The second kappa shape index (κ2) is 7.66. The number of rotatable bonds is 5. The molecule has 0 spiro atoms. The number of nitriles is 1. The Morgan fingerprint density at radius 1 is 1.32 bits per heavy atom. The summed E-state index contributed by atoms with van der Waals surface area (Å²) < 4.78 is 5.22. The van der Waals surface area contributed by atoms with Gasteiger partial charge in [0.05, 0.1) is 31.0 Å². The lowest BCUT2D eigenvalue weighted by Gasteiger charge is -2.28. The number of ether oxygens (including phenoxy) is 1. The lowest BCUT2D eigenvalue weighted by Crippen LogP contribution is -2.32. The third-order valence-corrected chi connectivity index (χ3v) is 4.28. The maximum absolute atomic E-state index is 9.33. The molecular weight excluding hydrogens is 318 g/mol. The number of nitrogens with zero attached hydrogens (tertiary/aromatic N) is 4. The molecule has 1 saturated carbocycles. The van der Waals surface area contributed by atoms with Gasteiger partial charge >= 0.3 is 0 Å². The highest BCUT2D eigenvalue weighted by molar-refractivity contribution is 5.65. The lowest BCUT2D eigenvalue weighted by atomic mass is 9.85. The molecule has 3 rings (SSSR count). The minimum absolute atomic E-state index is 0.0297. The van der Waals surface area contributed by atoms with Crippen molar-refractivity contribution in [1.82, 2.24) is 15.0 Å². The summed E-state index contributed by atoms with van der Waals surface area (Å²) >= 11 is 0. The number of methoxy groups -OCH3 is 1. The molecule has 2 aromatic heterocycles. The van der Waals surface area contributed by atoms with Crippen molar-refractivity contribution in [2.24, 2.45) is 5.92 Å². The van der Waals surface area contributed by atoms with Gasteiger partial charge in [0.25, 0.3) is 0 Å². The average molecular weight is 339 g/mol. The van der Waals surface area contributed by atoms with Gasteiger partial charge in [-0.3, -0.25) is 0 Å². The van der Waals surface area contributed by atoms with E-state index in [0.717, 1.165) is 25.7 Å². The van der Waals surface area contributed by atoms with Crippen molar-refractivity contribution in [3.63, 3.8) is 0 Å². The van der Waals surface area contributed by atoms with Crippen LogP contribution in [0.4, 0.5) is 23.1 Å². The summed E-state index contributed by atoms with van der Waals surface area (Å²) in [6.45, 7) is 0. The summed E-state index contributed by atoms with van der Waals surface area (Å²) in [5.41, 5.74) is 7.12. The van der Waals surface area contributed by atoms with Crippen LogP contribution in [-0.2, 0) is 0 Å². The minimum Gasteiger partial charge on any atom is -0.480 e. The molecule has 8 nitrogen and oxygen atoms in total. The molecule has 25 heavy (non-hydrogen) atoms. The Kier molecular flexibility index (Phi) is 5.14. The van der Waals surface area contributed by atoms with Crippen LogP contribution in [-0.4, -0.2) is 28.1 Å². The van der Waals surface area contributed by atoms with E-state index in [4.69, 9.17) is 10.5 Å². The van der Waals surface area contributed by atoms with Gasteiger partial charge in [0.1, 0.15) is 5.69 Å². The highest BCUT2D eigenvalue weighted by Crippen LogP contribution is 2.29. The van der Waals surface area contributed by atoms with Crippen LogP contribution in [0.5, 0.6) is 5.88 Å². The van der Waals surface area contributed by atoms with E-state index in [0.29, 0.717) is 29.0 Å². The quantitative estimate of drug-likeness (QED) is 0.760. The molecule has 0 radical (unpaired) electrons. The molecule has 1 aliphatic rings. The predicted octanol–water partition coefficient (Wildman–Crippen LogP) is 2.70. The molecule has 0 aromatic carbocycles. The van der Waals surface area contributed by atoms with Gasteiger partial charge in [-0.2, -0.15) is 10.2 Å². The zero-order chi connectivity index (χ0) is 17.6. The molecule has 8 heteroatoms. The summed E-state index contributed by atoms with van der Waals surface area (Å²) in [6.07, 6.45) is 7.21. The molecule has 0 aliphatic heterocycles. The number of nitrogens with two attached hydrogens (primary N) is 1. The largest absolute Gasteiger partial charge is 0.480 e. The molecule has 130 valence electrons. The summed E-state index contributed by atoms with van der Waals surface area (Å²) in [5.74, 6) is 1.34. The van der Waals surface area contributed by atoms with E-state index in [9.17, 15) is 5.26 Å². The number of aromatic nitrogens is 3. The summed E-state index contributed by atoms with van der Waals surface area (Å²) in [6, 6.07) is 6.05. The fourth-order valence-corrected chi connectivity index (χ4v) is 2.97. The number of pyridine rings is 1.